The number of sulfone groups is 1. The Kier molecular flexibility index (Phi) is 5.88. The zero-order valence-electron chi connectivity index (χ0n) is 16.8. The number of amides is 5. The second-order valence-electron chi connectivity index (χ2n) is 8.35. The van der Waals surface area contributed by atoms with Gasteiger partial charge in [-0.15, -0.1) is 0 Å². The van der Waals surface area contributed by atoms with Crippen molar-refractivity contribution in [3.8, 4) is 0 Å². The largest absolute Gasteiger partial charge is 0.343 e. The van der Waals surface area contributed by atoms with Crippen LogP contribution in [0.1, 0.15) is 39.5 Å². The Morgan fingerprint density at radius 1 is 1.21 bits per heavy atom. The van der Waals surface area contributed by atoms with Crippen molar-refractivity contribution in [2.45, 2.75) is 51.1 Å². The van der Waals surface area contributed by atoms with Gasteiger partial charge < -0.3 is 15.5 Å². The molecule has 2 heterocycles. The molecule has 5 amide bonds. The Bertz CT molecular complexity index is 804. The van der Waals surface area contributed by atoms with Crippen LogP contribution in [-0.4, -0.2) is 84.7 Å². The zero-order chi connectivity index (χ0) is 21.4. The quantitative estimate of drug-likeness (QED) is 0.566. The molecule has 3 rings (SSSR count). The van der Waals surface area contributed by atoms with Crippen LogP contribution in [0.15, 0.2) is 0 Å². The van der Waals surface area contributed by atoms with Crippen molar-refractivity contribution in [1.29, 1.82) is 0 Å². The van der Waals surface area contributed by atoms with Gasteiger partial charge in [0.1, 0.15) is 18.1 Å². The number of nitrogens with zero attached hydrogens (tertiary/aromatic N) is 2. The minimum absolute atomic E-state index is 0.0926. The van der Waals surface area contributed by atoms with Gasteiger partial charge in [0.2, 0.25) is 11.8 Å². The Labute approximate surface area is 170 Å². The first-order valence-corrected chi connectivity index (χ1v) is 11.8. The summed E-state index contributed by atoms with van der Waals surface area (Å²) in [4.78, 5) is 52.2. The number of rotatable bonds is 4. The van der Waals surface area contributed by atoms with E-state index >= 15 is 0 Å². The molecule has 1 aliphatic carbocycles. The Morgan fingerprint density at radius 2 is 1.79 bits per heavy atom. The van der Waals surface area contributed by atoms with Gasteiger partial charge in [-0.3, -0.25) is 19.3 Å². The van der Waals surface area contributed by atoms with E-state index in [-0.39, 0.29) is 36.4 Å². The average Bonchev–Trinajstić information content (AvgIpc) is 2.88. The van der Waals surface area contributed by atoms with Gasteiger partial charge in [-0.1, -0.05) is 6.92 Å². The normalized spacial score (nSPS) is 30.2. The number of nitrogens with one attached hydrogen (secondary N) is 2. The molecular formula is C18H28N4O6S. The molecule has 0 aromatic carbocycles. The molecular weight excluding hydrogens is 400 g/mol. The topological polar surface area (TPSA) is 133 Å². The van der Waals surface area contributed by atoms with Gasteiger partial charge in [0.15, 0.2) is 9.84 Å². The minimum atomic E-state index is -3.11. The van der Waals surface area contributed by atoms with Crippen molar-refractivity contribution in [2.75, 3.05) is 31.1 Å². The van der Waals surface area contributed by atoms with Crippen LogP contribution in [0.4, 0.5) is 4.79 Å². The highest BCUT2D eigenvalue weighted by Crippen LogP contribution is 2.36. The van der Waals surface area contributed by atoms with E-state index in [1.165, 1.54) is 11.8 Å². The standard InChI is InChI=1S/C18H28N4O6S/c1-12-3-5-18(6-4-12)16(25)22(17(26)20-18)11-14(23)19-13(2)15(24)21-7-9-29(27,28)10-8-21/h12-13H,3-11H2,1-2H3,(H,19,23)(H,20,26). The summed E-state index contributed by atoms with van der Waals surface area (Å²) < 4.78 is 23.0. The predicted octanol–water partition coefficient (Wildman–Crippen LogP) is -0.751. The summed E-state index contributed by atoms with van der Waals surface area (Å²) in [6, 6.07) is -1.46. The van der Waals surface area contributed by atoms with Crippen molar-refractivity contribution in [1.82, 2.24) is 20.4 Å². The van der Waals surface area contributed by atoms with Gasteiger partial charge in [0.25, 0.3) is 5.91 Å². The van der Waals surface area contributed by atoms with Crippen LogP contribution in [0.5, 0.6) is 0 Å². The fraction of sp³-hybridized carbons (Fsp3) is 0.778. The lowest BCUT2D eigenvalue weighted by Crippen LogP contribution is -2.53. The zero-order valence-corrected chi connectivity index (χ0v) is 17.6. The summed E-state index contributed by atoms with van der Waals surface area (Å²) in [6.07, 6.45) is 2.79. The Morgan fingerprint density at radius 3 is 2.38 bits per heavy atom. The molecule has 2 saturated heterocycles. The van der Waals surface area contributed by atoms with Gasteiger partial charge in [-0.25, -0.2) is 13.2 Å². The van der Waals surface area contributed by atoms with Gasteiger partial charge >= 0.3 is 6.03 Å². The number of carbonyl (C=O) groups excluding carboxylic acids is 4. The van der Waals surface area contributed by atoms with Crippen molar-refractivity contribution in [3.63, 3.8) is 0 Å². The van der Waals surface area contributed by atoms with E-state index < -0.39 is 39.9 Å². The van der Waals surface area contributed by atoms with E-state index in [1.54, 1.807) is 0 Å². The lowest BCUT2D eigenvalue weighted by molar-refractivity contribution is -0.138. The molecule has 0 bridgehead atoms. The number of carbonyl (C=O) groups is 4. The van der Waals surface area contributed by atoms with Gasteiger partial charge in [-0.05, 0) is 38.5 Å². The van der Waals surface area contributed by atoms with Gasteiger partial charge in [0.05, 0.1) is 11.5 Å². The molecule has 2 N–H and O–H groups in total. The molecule has 29 heavy (non-hydrogen) atoms. The van der Waals surface area contributed by atoms with Gasteiger partial charge in [0, 0.05) is 13.1 Å². The van der Waals surface area contributed by atoms with Gasteiger partial charge in [-0.2, -0.15) is 0 Å². The fourth-order valence-corrected chi connectivity index (χ4v) is 5.31. The van der Waals surface area contributed by atoms with Crippen LogP contribution in [0.25, 0.3) is 0 Å². The van der Waals surface area contributed by atoms with E-state index in [4.69, 9.17) is 0 Å². The molecule has 2 aliphatic heterocycles. The smallest absolute Gasteiger partial charge is 0.325 e. The van der Waals surface area contributed by atoms with Crippen LogP contribution in [0.3, 0.4) is 0 Å². The third-order valence-corrected chi connectivity index (χ3v) is 7.69. The molecule has 10 nitrogen and oxygen atoms in total. The lowest BCUT2D eigenvalue weighted by Gasteiger charge is -2.33. The number of hydrogen-bond acceptors (Lipinski definition) is 6. The van der Waals surface area contributed by atoms with Crippen LogP contribution >= 0.6 is 0 Å². The van der Waals surface area contributed by atoms with Crippen molar-refractivity contribution < 1.29 is 27.6 Å². The molecule has 0 radical (unpaired) electrons. The summed E-state index contributed by atoms with van der Waals surface area (Å²) in [6.45, 7) is 3.34. The lowest BCUT2D eigenvalue weighted by atomic mass is 9.77. The fourth-order valence-electron chi connectivity index (χ4n) is 4.11. The monoisotopic (exact) mass is 428 g/mol. The van der Waals surface area contributed by atoms with E-state index in [0.717, 1.165) is 17.7 Å². The first kappa shape index (κ1) is 21.5. The molecule has 0 aromatic rings. The third-order valence-electron chi connectivity index (χ3n) is 6.08. The Hall–Kier alpha value is -2.17. The summed E-state index contributed by atoms with van der Waals surface area (Å²) in [5.74, 6) is -1.07. The second-order valence-corrected chi connectivity index (χ2v) is 10.7. The molecule has 11 heteroatoms. The van der Waals surface area contributed by atoms with Crippen LogP contribution in [0.2, 0.25) is 0 Å². The number of urea groups is 1. The summed E-state index contributed by atoms with van der Waals surface area (Å²) in [5.41, 5.74) is -0.912. The maximum absolute atomic E-state index is 12.8. The van der Waals surface area contributed by atoms with Crippen molar-refractivity contribution in [3.05, 3.63) is 0 Å². The summed E-state index contributed by atoms with van der Waals surface area (Å²) in [5, 5.41) is 5.27. The van der Waals surface area contributed by atoms with E-state index in [9.17, 15) is 27.6 Å². The van der Waals surface area contributed by atoms with E-state index in [2.05, 4.69) is 17.6 Å². The molecule has 3 aliphatic rings. The van der Waals surface area contributed by atoms with E-state index in [0.29, 0.717) is 18.8 Å². The average molecular weight is 429 g/mol. The van der Waals surface area contributed by atoms with Crippen LogP contribution < -0.4 is 10.6 Å². The highest BCUT2D eigenvalue weighted by Gasteiger charge is 2.52. The molecule has 1 unspecified atom stereocenters. The van der Waals surface area contributed by atoms with Crippen LogP contribution in [0, 0.1) is 5.92 Å². The summed E-state index contributed by atoms with van der Waals surface area (Å²) in [7, 11) is -3.11. The molecule has 3 fully saturated rings. The molecule has 0 aromatic heterocycles. The molecule has 162 valence electrons. The maximum Gasteiger partial charge on any atom is 0.325 e. The number of imide groups is 1. The molecule has 1 saturated carbocycles. The van der Waals surface area contributed by atoms with Crippen molar-refractivity contribution in [2.24, 2.45) is 5.92 Å². The highest BCUT2D eigenvalue weighted by atomic mass is 32.2. The maximum atomic E-state index is 12.8. The minimum Gasteiger partial charge on any atom is -0.343 e. The Balaban J connectivity index is 1.54. The molecule has 1 spiro atoms. The predicted molar refractivity (Wildman–Crippen MR) is 103 cm³/mol. The van der Waals surface area contributed by atoms with Crippen molar-refractivity contribution >= 4 is 33.6 Å². The first-order chi connectivity index (χ1) is 13.5. The first-order valence-electron chi connectivity index (χ1n) is 9.96. The van der Waals surface area contributed by atoms with E-state index in [1.807, 2.05) is 0 Å². The highest BCUT2D eigenvalue weighted by molar-refractivity contribution is 7.91. The molecule has 1 atom stereocenters. The number of hydrogen-bond donors (Lipinski definition) is 2. The second kappa shape index (κ2) is 7.92. The van der Waals surface area contributed by atoms with Crippen LogP contribution in [-0.2, 0) is 24.2 Å². The summed E-state index contributed by atoms with van der Waals surface area (Å²) >= 11 is 0. The SMILES string of the molecule is CC1CCC2(CC1)NC(=O)N(CC(=O)NC(C)C(=O)N1CCS(=O)(=O)CC1)C2=O. The third kappa shape index (κ3) is 4.54.